The standard InChI is InChI=1S/C11H14Cl2N2O3S/c1-2-11(16)5-15(6-11)19(17,18)10-8(12)3-7(14)4-9(10)13/h3-4,16H,2,5-6,14H2,1H3. The summed E-state index contributed by atoms with van der Waals surface area (Å²) in [6.07, 6.45) is 0.488. The molecule has 1 heterocycles. The maximum Gasteiger partial charge on any atom is 0.246 e. The maximum atomic E-state index is 12.4. The van der Waals surface area contributed by atoms with Crippen molar-refractivity contribution in [2.45, 2.75) is 23.8 Å². The fourth-order valence-corrected chi connectivity index (χ4v) is 4.74. The Kier molecular flexibility index (Phi) is 3.75. The van der Waals surface area contributed by atoms with Crippen molar-refractivity contribution in [1.29, 1.82) is 0 Å². The predicted octanol–water partition coefficient (Wildman–Crippen LogP) is 1.72. The van der Waals surface area contributed by atoms with E-state index in [4.69, 9.17) is 28.9 Å². The lowest BCUT2D eigenvalue weighted by Gasteiger charge is -2.45. The molecule has 1 saturated heterocycles. The first-order valence-corrected chi connectivity index (χ1v) is 7.86. The molecule has 106 valence electrons. The highest BCUT2D eigenvalue weighted by molar-refractivity contribution is 7.89. The number of nitrogens with zero attached hydrogens (tertiary/aromatic N) is 1. The van der Waals surface area contributed by atoms with Gasteiger partial charge in [-0.3, -0.25) is 0 Å². The molecule has 2 rings (SSSR count). The summed E-state index contributed by atoms with van der Waals surface area (Å²) in [7, 11) is -3.81. The molecule has 0 unspecified atom stereocenters. The topological polar surface area (TPSA) is 83.6 Å². The minimum absolute atomic E-state index is 0.0167. The number of hydrogen-bond donors (Lipinski definition) is 2. The second kappa shape index (κ2) is 4.79. The van der Waals surface area contributed by atoms with Crippen LogP contribution in [0.25, 0.3) is 0 Å². The van der Waals surface area contributed by atoms with E-state index in [1.807, 2.05) is 0 Å². The average molecular weight is 325 g/mol. The summed E-state index contributed by atoms with van der Waals surface area (Å²) in [5.74, 6) is 0. The van der Waals surface area contributed by atoms with Crippen molar-refractivity contribution in [1.82, 2.24) is 4.31 Å². The second-order valence-corrected chi connectivity index (χ2v) is 7.35. The summed E-state index contributed by atoms with van der Waals surface area (Å²) in [4.78, 5) is -0.164. The zero-order valence-corrected chi connectivity index (χ0v) is 12.6. The molecule has 8 heteroatoms. The fourth-order valence-electron chi connectivity index (χ4n) is 1.96. The molecule has 1 fully saturated rings. The molecule has 0 spiro atoms. The number of sulfonamides is 1. The van der Waals surface area contributed by atoms with Crippen LogP contribution in [0.1, 0.15) is 13.3 Å². The Morgan fingerprint density at radius 2 is 1.84 bits per heavy atom. The van der Waals surface area contributed by atoms with Gasteiger partial charge >= 0.3 is 0 Å². The molecule has 5 nitrogen and oxygen atoms in total. The summed E-state index contributed by atoms with van der Waals surface area (Å²) in [5, 5.41) is 9.86. The van der Waals surface area contributed by atoms with Crippen LogP contribution < -0.4 is 5.73 Å². The van der Waals surface area contributed by atoms with Gasteiger partial charge in [-0.1, -0.05) is 30.1 Å². The van der Waals surface area contributed by atoms with E-state index < -0.39 is 15.6 Å². The summed E-state index contributed by atoms with van der Waals surface area (Å²) < 4.78 is 25.9. The number of rotatable bonds is 3. The Morgan fingerprint density at radius 3 is 2.26 bits per heavy atom. The van der Waals surface area contributed by atoms with Crippen LogP contribution in [0.5, 0.6) is 0 Å². The number of anilines is 1. The van der Waals surface area contributed by atoms with Gasteiger partial charge < -0.3 is 10.8 Å². The first kappa shape index (κ1) is 14.9. The van der Waals surface area contributed by atoms with Gasteiger partial charge in [-0.15, -0.1) is 0 Å². The van der Waals surface area contributed by atoms with E-state index in [2.05, 4.69) is 0 Å². The van der Waals surface area contributed by atoms with Gasteiger partial charge in [0.15, 0.2) is 0 Å². The normalized spacial score (nSPS) is 19.2. The Labute approximate surface area is 122 Å². The number of hydrogen-bond acceptors (Lipinski definition) is 4. The van der Waals surface area contributed by atoms with Gasteiger partial charge in [0.25, 0.3) is 0 Å². The fraction of sp³-hybridized carbons (Fsp3) is 0.455. The van der Waals surface area contributed by atoms with Crippen LogP contribution in [0.15, 0.2) is 17.0 Å². The molecule has 0 saturated carbocycles. The lowest BCUT2D eigenvalue weighted by Crippen LogP contribution is -2.62. The summed E-state index contributed by atoms with van der Waals surface area (Å²) >= 11 is 11.8. The highest BCUT2D eigenvalue weighted by Gasteiger charge is 2.47. The van der Waals surface area contributed by atoms with E-state index in [9.17, 15) is 13.5 Å². The molecule has 1 aromatic rings. The summed E-state index contributed by atoms with van der Waals surface area (Å²) in [6, 6.07) is 2.68. The van der Waals surface area contributed by atoms with Gasteiger partial charge in [-0.05, 0) is 18.6 Å². The molecule has 0 bridgehead atoms. The summed E-state index contributed by atoms with van der Waals surface area (Å²) in [6.45, 7) is 1.89. The quantitative estimate of drug-likeness (QED) is 0.829. The average Bonchev–Trinajstić information content (AvgIpc) is 2.22. The lowest BCUT2D eigenvalue weighted by molar-refractivity contribution is -0.0613. The van der Waals surface area contributed by atoms with Crippen molar-refractivity contribution in [3.63, 3.8) is 0 Å². The van der Waals surface area contributed by atoms with Crippen molar-refractivity contribution in [2.24, 2.45) is 0 Å². The third-order valence-corrected chi connectivity index (χ3v) is 5.93. The highest BCUT2D eigenvalue weighted by atomic mass is 35.5. The molecular formula is C11H14Cl2N2O3S. The molecule has 1 aliphatic rings. The smallest absolute Gasteiger partial charge is 0.246 e. The molecule has 1 aromatic carbocycles. The SMILES string of the molecule is CCC1(O)CN(S(=O)(=O)c2c(Cl)cc(N)cc2Cl)C1. The van der Waals surface area contributed by atoms with E-state index in [1.165, 1.54) is 12.1 Å². The van der Waals surface area contributed by atoms with Gasteiger partial charge in [0.1, 0.15) is 4.90 Å². The molecule has 0 aromatic heterocycles. The van der Waals surface area contributed by atoms with Crippen LogP contribution in [0.2, 0.25) is 10.0 Å². The number of benzene rings is 1. The minimum Gasteiger partial charge on any atom is -0.399 e. The van der Waals surface area contributed by atoms with Crippen molar-refractivity contribution in [3.05, 3.63) is 22.2 Å². The predicted molar refractivity (Wildman–Crippen MR) is 74.9 cm³/mol. The van der Waals surface area contributed by atoms with Crippen LogP contribution in [-0.4, -0.2) is 36.5 Å². The van der Waals surface area contributed by atoms with Gasteiger partial charge in [-0.2, -0.15) is 4.31 Å². The van der Waals surface area contributed by atoms with E-state index in [1.54, 1.807) is 6.92 Å². The van der Waals surface area contributed by atoms with Crippen LogP contribution >= 0.6 is 23.2 Å². The van der Waals surface area contributed by atoms with E-state index in [0.717, 1.165) is 4.31 Å². The molecule has 3 N–H and O–H groups in total. The molecule has 0 atom stereocenters. The Hall–Kier alpha value is -0.530. The molecular weight excluding hydrogens is 311 g/mol. The van der Waals surface area contributed by atoms with Crippen LogP contribution in [0.4, 0.5) is 5.69 Å². The van der Waals surface area contributed by atoms with Crippen LogP contribution in [0.3, 0.4) is 0 Å². The zero-order chi connectivity index (χ0) is 14.4. The molecule has 1 aliphatic heterocycles. The van der Waals surface area contributed by atoms with Crippen molar-refractivity contribution >= 4 is 38.9 Å². The molecule has 0 aliphatic carbocycles. The lowest BCUT2D eigenvalue weighted by atomic mass is 9.94. The first-order valence-electron chi connectivity index (χ1n) is 5.67. The number of β-amino-alcohol motifs (C(OH)–C–C–N with tert-alkyl or cyclic N) is 1. The maximum absolute atomic E-state index is 12.4. The molecule has 19 heavy (non-hydrogen) atoms. The van der Waals surface area contributed by atoms with Crippen molar-refractivity contribution < 1.29 is 13.5 Å². The second-order valence-electron chi connectivity index (χ2n) is 4.66. The van der Waals surface area contributed by atoms with Crippen LogP contribution in [0, 0.1) is 0 Å². The van der Waals surface area contributed by atoms with Gasteiger partial charge in [-0.25, -0.2) is 8.42 Å². The number of nitrogens with two attached hydrogens (primary N) is 1. The first-order chi connectivity index (χ1) is 8.69. The zero-order valence-electron chi connectivity index (χ0n) is 10.2. The molecule has 0 radical (unpaired) electrons. The highest BCUT2D eigenvalue weighted by Crippen LogP contribution is 2.37. The van der Waals surface area contributed by atoms with E-state index in [0.29, 0.717) is 12.1 Å². The Bertz CT molecular complexity index is 589. The third kappa shape index (κ3) is 2.55. The third-order valence-electron chi connectivity index (χ3n) is 3.22. The minimum atomic E-state index is -3.81. The Balaban J connectivity index is 2.38. The number of nitrogen functional groups attached to an aromatic ring is 1. The van der Waals surface area contributed by atoms with Crippen molar-refractivity contribution in [2.75, 3.05) is 18.8 Å². The Morgan fingerprint density at radius 1 is 1.37 bits per heavy atom. The number of halogens is 2. The molecule has 0 amide bonds. The van der Waals surface area contributed by atoms with Crippen molar-refractivity contribution in [3.8, 4) is 0 Å². The summed E-state index contributed by atoms with van der Waals surface area (Å²) in [5.41, 5.74) is 4.88. The number of aliphatic hydroxyl groups is 1. The monoisotopic (exact) mass is 324 g/mol. The van der Waals surface area contributed by atoms with Gasteiger partial charge in [0.05, 0.1) is 15.6 Å². The largest absolute Gasteiger partial charge is 0.399 e. The van der Waals surface area contributed by atoms with Gasteiger partial charge in [0, 0.05) is 18.8 Å². The van der Waals surface area contributed by atoms with E-state index in [-0.39, 0.29) is 28.0 Å². The van der Waals surface area contributed by atoms with Crippen LogP contribution in [-0.2, 0) is 10.0 Å². The van der Waals surface area contributed by atoms with E-state index >= 15 is 0 Å². The van der Waals surface area contributed by atoms with Gasteiger partial charge in [0.2, 0.25) is 10.0 Å².